The summed E-state index contributed by atoms with van der Waals surface area (Å²) in [6.45, 7) is 0. The van der Waals surface area contributed by atoms with E-state index in [0.717, 1.165) is 49.7 Å². The van der Waals surface area contributed by atoms with Crippen molar-refractivity contribution in [3.63, 3.8) is 0 Å². The molecule has 1 aliphatic heterocycles. The summed E-state index contributed by atoms with van der Waals surface area (Å²) in [5, 5.41) is 2.04. The van der Waals surface area contributed by atoms with Gasteiger partial charge < -0.3 is 4.74 Å². The fourth-order valence-corrected chi connectivity index (χ4v) is 6.59. The van der Waals surface area contributed by atoms with Crippen LogP contribution in [0.3, 0.4) is 0 Å². The number of hydrogen-bond acceptors (Lipinski definition) is 5. The first kappa shape index (κ1) is 27.1. The highest BCUT2D eigenvalue weighted by molar-refractivity contribution is 5.82. The number of pyridine rings is 1. The van der Waals surface area contributed by atoms with Crippen molar-refractivity contribution in [2.45, 2.75) is 12.0 Å². The number of fused-ring (bicyclic) bond motifs is 4. The van der Waals surface area contributed by atoms with Gasteiger partial charge in [0.1, 0.15) is 11.9 Å². The first-order valence-electron chi connectivity index (χ1n) is 15.8. The van der Waals surface area contributed by atoms with Gasteiger partial charge in [-0.2, -0.15) is 0 Å². The Labute approximate surface area is 272 Å². The predicted molar refractivity (Wildman–Crippen MR) is 187 cm³/mol. The Morgan fingerprint density at radius 1 is 0.468 bits per heavy atom. The van der Waals surface area contributed by atoms with Crippen molar-refractivity contribution >= 4 is 12.2 Å². The van der Waals surface area contributed by atoms with Crippen LogP contribution in [0.1, 0.15) is 11.5 Å². The molecule has 1 aliphatic carbocycles. The van der Waals surface area contributed by atoms with E-state index < -0.39 is 0 Å². The summed E-state index contributed by atoms with van der Waals surface area (Å²) in [7, 11) is 0. The van der Waals surface area contributed by atoms with Crippen molar-refractivity contribution in [1.82, 2.24) is 19.9 Å². The molecule has 0 saturated carbocycles. The van der Waals surface area contributed by atoms with Crippen molar-refractivity contribution in [1.29, 1.82) is 0 Å². The minimum absolute atomic E-state index is 0.0108. The smallest absolute Gasteiger partial charge is 0.164 e. The zero-order chi connectivity index (χ0) is 31.2. The third-order valence-corrected chi connectivity index (χ3v) is 8.91. The lowest BCUT2D eigenvalue weighted by atomic mass is 9.86. The van der Waals surface area contributed by atoms with Gasteiger partial charge in [-0.25, -0.2) is 15.0 Å². The standard InChI is InChI=1S/C42H28N4O/c1-4-11-27(12-5-1)28-18-20-29(21-19-28)33-24-35(39-34-23-32-17-10-22-43-36(32)26-37(34)47-38(39)25-33)42-45-40(30-13-6-2-7-14-30)44-41(46-42)31-15-8-3-9-16-31/h1-26,34,37H. The summed E-state index contributed by atoms with van der Waals surface area (Å²) in [5.74, 6) is 2.70. The molecule has 2 aromatic heterocycles. The van der Waals surface area contributed by atoms with Gasteiger partial charge in [-0.3, -0.25) is 4.98 Å². The summed E-state index contributed by atoms with van der Waals surface area (Å²) in [6.07, 6.45) is 6.06. The zero-order valence-electron chi connectivity index (χ0n) is 25.4. The molecule has 5 heteroatoms. The average Bonchev–Trinajstić information content (AvgIpc) is 3.51. The average molecular weight is 605 g/mol. The van der Waals surface area contributed by atoms with Gasteiger partial charge in [0.2, 0.25) is 0 Å². The van der Waals surface area contributed by atoms with Gasteiger partial charge in [-0.15, -0.1) is 0 Å². The molecule has 0 saturated heterocycles. The second-order valence-corrected chi connectivity index (χ2v) is 11.8. The van der Waals surface area contributed by atoms with Crippen LogP contribution in [0, 0.1) is 0 Å². The van der Waals surface area contributed by atoms with Crippen LogP contribution in [0.15, 0.2) is 146 Å². The van der Waals surface area contributed by atoms with E-state index >= 15 is 0 Å². The van der Waals surface area contributed by atoms with Gasteiger partial charge in [-0.1, -0.05) is 127 Å². The van der Waals surface area contributed by atoms with Crippen LogP contribution >= 0.6 is 0 Å². The Kier molecular flexibility index (Phi) is 6.53. The molecule has 222 valence electrons. The first-order valence-corrected chi connectivity index (χ1v) is 15.8. The van der Waals surface area contributed by atoms with Crippen LogP contribution in [0.5, 0.6) is 5.75 Å². The van der Waals surface area contributed by atoms with Crippen molar-refractivity contribution in [3.05, 3.63) is 162 Å². The van der Waals surface area contributed by atoms with E-state index in [-0.39, 0.29) is 12.0 Å². The molecule has 9 rings (SSSR count). The minimum atomic E-state index is -0.175. The molecule has 2 atom stereocenters. The summed E-state index contributed by atoms with van der Waals surface area (Å²) in [4.78, 5) is 19.8. The molecule has 0 bridgehead atoms. The van der Waals surface area contributed by atoms with Crippen LogP contribution in [0.2, 0.25) is 0 Å². The van der Waals surface area contributed by atoms with Crippen molar-refractivity contribution in [2.24, 2.45) is 0 Å². The Balaban J connectivity index is 1.26. The minimum Gasteiger partial charge on any atom is -0.485 e. The molecule has 47 heavy (non-hydrogen) atoms. The monoisotopic (exact) mass is 604 g/mol. The lowest BCUT2D eigenvalue weighted by Gasteiger charge is -2.17. The van der Waals surface area contributed by atoms with E-state index in [0.29, 0.717) is 17.5 Å². The number of nitrogens with zero attached hydrogens (tertiary/aromatic N) is 4. The number of hydrogen-bond donors (Lipinski definition) is 0. The highest BCUT2D eigenvalue weighted by Crippen LogP contribution is 2.48. The van der Waals surface area contributed by atoms with Crippen LogP contribution in [-0.2, 0) is 0 Å². The summed E-state index contributed by atoms with van der Waals surface area (Å²) in [6, 6.07) is 47.8. The maximum Gasteiger partial charge on any atom is 0.164 e. The molecule has 5 nitrogen and oxygen atoms in total. The number of ether oxygens (including phenoxy) is 1. The fraction of sp³-hybridized carbons (Fsp3) is 0.0476. The van der Waals surface area contributed by atoms with Gasteiger partial charge in [0.25, 0.3) is 0 Å². The maximum absolute atomic E-state index is 6.72. The van der Waals surface area contributed by atoms with Crippen LogP contribution in [-0.4, -0.2) is 26.0 Å². The topological polar surface area (TPSA) is 60.8 Å². The molecular weight excluding hydrogens is 576 g/mol. The Morgan fingerprint density at radius 2 is 1.02 bits per heavy atom. The Bertz CT molecular complexity index is 2320. The Morgan fingerprint density at radius 3 is 1.66 bits per heavy atom. The molecular formula is C42H28N4O. The third-order valence-electron chi connectivity index (χ3n) is 8.91. The lowest BCUT2D eigenvalue weighted by molar-refractivity contribution is 0.288. The van der Waals surface area contributed by atoms with E-state index in [1.165, 1.54) is 11.1 Å². The Hall–Kier alpha value is -6.20. The van der Waals surface area contributed by atoms with E-state index in [1.54, 1.807) is 0 Å². The van der Waals surface area contributed by atoms with E-state index in [4.69, 9.17) is 19.7 Å². The molecule has 0 amide bonds. The SMILES string of the molecule is C1=c2cccnc2=CC2Oc3cc(-c4ccc(-c5ccccc5)cc4)cc(-c4nc(-c5ccccc5)nc(-c5ccccc5)n4)c3C12. The van der Waals surface area contributed by atoms with Crippen molar-refractivity contribution < 1.29 is 4.74 Å². The quantitative estimate of drug-likeness (QED) is 0.201. The normalized spacial score (nSPS) is 15.7. The highest BCUT2D eigenvalue weighted by Gasteiger charge is 2.37. The van der Waals surface area contributed by atoms with Gasteiger partial charge >= 0.3 is 0 Å². The molecule has 0 spiro atoms. The third kappa shape index (κ3) is 4.99. The molecule has 2 aliphatic rings. The summed E-state index contributed by atoms with van der Waals surface area (Å²) in [5.41, 5.74) is 8.37. The van der Waals surface area contributed by atoms with Gasteiger partial charge in [0.05, 0.1) is 5.35 Å². The predicted octanol–water partition coefficient (Wildman–Crippen LogP) is 7.72. The second kappa shape index (κ2) is 11.3. The van der Waals surface area contributed by atoms with Gasteiger partial charge in [0, 0.05) is 34.4 Å². The summed E-state index contributed by atoms with van der Waals surface area (Å²) < 4.78 is 6.72. The maximum atomic E-state index is 6.72. The van der Waals surface area contributed by atoms with Crippen LogP contribution in [0.25, 0.3) is 68.6 Å². The number of aromatic nitrogens is 4. The molecule has 0 radical (unpaired) electrons. The number of benzene rings is 5. The largest absolute Gasteiger partial charge is 0.485 e. The number of rotatable bonds is 5. The molecule has 0 N–H and O–H groups in total. The lowest BCUT2D eigenvalue weighted by Crippen LogP contribution is -2.36. The first-order chi connectivity index (χ1) is 23.3. The highest BCUT2D eigenvalue weighted by atomic mass is 16.5. The van der Waals surface area contributed by atoms with E-state index in [1.807, 2.05) is 79.0 Å². The van der Waals surface area contributed by atoms with Gasteiger partial charge in [-0.05, 0) is 51.7 Å². The molecule has 0 fully saturated rings. The van der Waals surface area contributed by atoms with Crippen LogP contribution in [0.4, 0.5) is 0 Å². The second-order valence-electron chi connectivity index (χ2n) is 11.8. The fourth-order valence-electron chi connectivity index (χ4n) is 6.59. The van der Waals surface area contributed by atoms with Crippen molar-refractivity contribution in [2.75, 3.05) is 0 Å². The molecule has 3 heterocycles. The van der Waals surface area contributed by atoms with E-state index in [2.05, 4.69) is 83.9 Å². The van der Waals surface area contributed by atoms with Gasteiger partial charge in [0.15, 0.2) is 17.5 Å². The van der Waals surface area contributed by atoms with Crippen LogP contribution < -0.4 is 15.3 Å². The molecule has 5 aromatic carbocycles. The molecule has 2 unspecified atom stereocenters. The summed E-state index contributed by atoms with van der Waals surface area (Å²) >= 11 is 0. The zero-order valence-corrected chi connectivity index (χ0v) is 25.4. The molecule has 7 aromatic rings. The van der Waals surface area contributed by atoms with Crippen molar-refractivity contribution in [3.8, 4) is 62.2 Å². The van der Waals surface area contributed by atoms with E-state index in [9.17, 15) is 0 Å².